The van der Waals surface area contributed by atoms with E-state index in [-0.39, 0.29) is 11.9 Å². The van der Waals surface area contributed by atoms with Crippen molar-refractivity contribution in [1.82, 2.24) is 0 Å². The Morgan fingerprint density at radius 3 is 2.56 bits per heavy atom. The molecule has 0 amide bonds. The summed E-state index contributed by atoms with van der Waals surface area (Å²) in [6.07, 6.45) is -0.165. The number of hydrogen-bond donors (Lipinski definition) is 0. The van der Waals surface area contributed by atoms with Crippen LogP contribution in [0.2, 0.25) is 0 Å². The number of carbonyl (C=O) groups is 1. The summed E-state index contributed by atoms with van der Waals surface area (Å²) in [5, 5.41) is 0. The van der Waals surface area contributed by atoms with Gasteiger partial charge in [-0.05, 0) is 32.4 Å². The van der Waals surface area contributed by atoms with Crippen LogP contribution in [0.5, 0.6) is 0 Å². The molecule has 0 bridgehead atoms. The fourth-order valence-electron chi connectivity index (χ4n) is 1.29. The minimum Gasteiger partial charge on any atom is -0.462 e. The summed E-state index contributed by atoms with van der Waals surface area (Å²) < 4.78 is 16.8. The summed E-state index contributed by atoms with van der Waals surface area (Å²) in [5.74, 6) is -0.500. The van der Waals surface area contributed by atoms with Crippen LogP contribution in [0, 0.1) is 6.92 Å². The monoisotopic (exact) mass is 240 g/mol. The molecule has 1 rings (SSSR count). The molecule has 3 nitrogen and oxygen atoms in total. The molecule has 1 aromatic carbocycles. The molecule has 1 unspecified atom stereocenters. The van der Waals surface area contributed by atoms with Crippen LogP contribution in [0.3, 0.4) is 0 Å². The molecule has 1 atom stereocenters. The van der Waals surface area contributed by atoms with Crippen molar-refractivity contribution >= 4 is 16.8 Å². The van der Waals surface area contributed by atoms with Gasteiger partial charge < -0.3 is 4.74 Å². The van der Waals surface area contributed by atoms with Crippen LogP contribution < -0.4 is 0 Å². The number of ether oxygens (including phenoxy) is 1. The van der Waals surface area contributed by atoms with Crippen LogP contribution >= 0.6 is 0 Å². The molecule has 0 fully saturated rings. The number of aryl methyl sites for hydroxylation is 1. The predicted octanol–water partition coefficient (Wildman–Crippen LogP) is 2.05. The molecule has 4 heteroatoms. The van der Waals surface area contributed by atoms with E-state index in [4.69, 9.17) is 4.74 Å². The highest BCUT2D eigenvalue weighted by atomic mass is 32.2. The Balaban J connectivity index is 2.66. The van der Waals surface area contributed by atoms with Gasteiger partial charge in [-0.15, -0.1) is 0 Å². The number of carbonyl (C=O) groups excluding carboxylic acids is 1. The standard InChI is InChI=1S/C12H16O3S/c1-9(2)15-12(13)8-16(14)11-7-5-4-6-10(11)3/h4-7,9H,8H2,1-3H3. The van der Waals surface area contributed by atoms with Crippen molar-refractivity contribution in [3.8, 4) is 0 Å². The Morgan fingerprint density at radius 2 is 2.00 bits per heavy atom. The van der Waals surface area contributed by atoms with Crippen molar-refractivity contribution in [3.05, 3.63) is 29.8 Å². The normalized spacial score (nSPS) is 12.5. The summed E-state index contributed by atoms with van der Waals surface area (Å²) in [5.41, 5.74) is 0.929. The summed E-state index contributed by atoms with van der Waals surface area (Å²) in [6, 6.07) is 7.34. The van der Waals surface area contributed by atoms with Crippen molar-refractivity contribution in [2.45, 2.75) is 31.8 Å². The molecule has 16 heavy (non-hydrogen) atoms. The van der Waals surface area contributed by atoms with Crippen molar-refractivity contribution in [1.29, 1.82) is 0 Å². The second-order valence-electron chi connectivity index (χ2n) is 3.79. The van der Waals surface area contributed by atoms with Gasteiger partial charge in [-0.3, -0.25) is 9.00 Å². The fraction of sp³-hybridized carbons (Fsp3) is 0.417. The van der Waals surface area contributed by atoms with Crippen molar-refractivity contribution in [2.75, 3.05) is 5.75 Å². The highest BCUT2D eigenvalue weighted by molar-refractivity contribution is 7.85. The number of esters is 1. The average molecular weight is 240 g/mol. The third-order valence-electron chi connectivity index (χ3n) is 1.95. The van der Waals surface area contributed by atoms with E-state index in [1.807, 2.05) is 25.1 Å². The van der Waals surface area contributed by atoms with Crippen molar-refractivity contribution < 1.29 is 13.7 Å². The lowest BCUT2D eigenvalue weighted by Gasteiger charge is -2.08. The zero-order valence-corrected chi connectivity index (χ0v) is 10.5. The van der Waals surface area contributed by atoms with Gasteiger partial charge in [-0.2, -0.15) is 0 Å². The van der Waals surface area contributed by atoms with E-state index in [1.54, 1.807) is 19.9 Å². The Morgan fingerprint density at radius 1 is 1.38 bits per heavy atom. The van der Waals surface area contributed by atoms with E-state index in [0.29, 0.717) is 4.90 Å². The zero-order valence-electron chi connectivity index (χ0n) is 9.73. The maximum Gasteiger partial charge on any atom is 0.319 e. The van der Waals surface area contributed by atoms with E-state index in [1.165, 1.54) is 0 Å². The Kier molecular flexibility index (Phi) is 4.68. The summed E-state index contributed by atoms with van der Waals surface area (Å²) >= 11 is 0. The smallest absolute Gasteiger partial charge is 0.319 e. The van der Waals surface area contributed by atoms with E-state index in [9.17, 15) is 9.00 Å². The molecule has 88 valence electrons. The highest BCUT2D eigenvalue weighted by Gasteiger charge is 2.13. The van der Waals surface area contributed by atoms with Gasteiger partial charge in [0.05, 0.1) is 16.9 Å². The van der Waals surface area contributed by atoms with Crippen LogP contribution in [0.25, 0.3) is 0 Å². The van der Waals surface area contributed by atoms with Gasteiger partial charge in [-0.25, -0.2) is 0 Å². The van der Waals surface area contributed by atoms with Gasteiger partial charge in [0.1, 0.15) is 5.75 Å². The first-order valence-electron chi connectivity index (χ1n) is 5.14. The highest BCUT2D eigenvalue weighted by Crippen LogP contribution is 2.12. The predicted molar refractivity (Wildman–Crippen MR) is 63.7 cm³/mol. The molecule has 1 aromatic rings. The lowest BCUT2D eigenvalue weighted by atomic mass is 10.2. The van der Waals surface area contributed by atoms with E-state index in [0.717, 1.165) is 5.56 Å². The van der Waals surface area contributed by atoms with Crippen LogP contribution in [0.4, 0.5) is 0 Å². The van der Waals surface area contributed by atoms with Crippen LogP contribution in [0.1, 0.15) is 19.4 Å². The van der Waals surface area contributed by atoms with Gasteiger partial charge in [0, 0.05) is 4.90 Å². The molecule has 0 aromatic heterocycles. The minimum atomic E-state index is -1.32. The lowest BCUT2D eigenvalue weighted by molar-refractivity contribution is -0.144. The molecular weight excluding hydrogens is 224 g/mol. The van der Waals surface area contributed by atoms with E-state index in [2.05, 4.69) is 0 Å². The second-order valence-corrected chi connectivity index (χ2v) is 5.21. The molecule has 0 saturated carbocycles. The molecular formula is C12H16O3S. The number of hydrogen-bond acceptors (Lipinski definition) is 3. The van der Waals surface area contributed by atoms with Gasteiger partial charge >= 0.3 is 5.97 Å². The van der Waals surface area contributed by atoms with Crippen molar-refractivity contribution in [2.24, 2.45) is 0 Å². The van der Waals surface area contributed by atoms with Crippen LogP contribution in [-0.4, -0.2) is 22.0 Å². The quantitative estimate of drug-likeness (QED) is 0.757. The topological polar surface area (TPSA) is 43.4 Å². The van der Waals surface area contributed by atoms with E-state index < -0.39 is 16.8 Å². The SMILES string of the molecule is Cc1ccccc1S(=O)CC(=O)OC(C)C. The number of benzene rings is 1. The molecule has 0 saturated heterocycles. The summed E-state index contributed by atoms with van der Waals surface area (Å²) in [7, 11) is -1.32. The Hall–Kier alpha value is -1.16. The van der Waals surface area contributed by atoms with Gasteiger partial charge in [0.25, 0.3) is 0 Å². The summed E-state index contributed by atoms with van der Waals surface area (Å²) in [4.78, 5) is 12.0. The van der Waals surface area contributed by atoms with Crippen LogP contribution in [0.15, 0.2) is 29.2 Å². The van der Waals surface area contributed by atoms with Gasteiger partial charge in [-0.1, -0.05) is 18.2 Å². The minimum absolute atomic E-state index is 0.0803. The summed E-state index contributed by atoms with van der Waals surface area (Å²) in [6.45, 7) is 5.42. The molecule has 0 aliphatic carbocycles. The van der Waals surface area contributed by atoms with Gasteiger partial charge in [0.2, 0.25) is 0 Å². The first kappa shape index (κ1) is 12.9. The van der Waals surface area contributed by atoms with Crippen LogP contribution in [-0.2, 0) is 20.3 Å². The molecule has 0 aliphatic rings. The molecule has 0 spiro atoms. The Bertz CT molecular complexity index is 399. The van der Waals surface area contributed by atoms with E-state index >= 15 is 0 Å². The maximum absolute atomic E-state index is 11.9. The average Bonchev–Trinajstić information content (AvgIpc) is 2.16. The third kappa shape index (κ3) is 3.77. The fourth-order valence-corrected chi connectivity index (χ4v) is 2.39. The molecule has 0 radical (unpaired) electrons. The Labute approximate surface area is 98.3 Å². The second kappa shape index (κ2) is 5.80. The third-order valence-corrected chi connectivity index (χ3v) is 3.40. The zero-order chi connectivity index (χ0) is 12.1. The molecule has 0 heterocycles. The largest absolute Gasteiger partial charge is 0.462 e. The van der Waals surface area contributed by atoms with Gasteiger partial charge in [0.15, 0.2) is 0 Å². The maximum atomic E-state index is 11.9. The first-order valence-corrected chi connectivity index (χ1v) is 6.46. The molecule has 0 N–H and O–H groups in total. The molecule has 0 aliphatic heterocycles. The van der Waals surface area contributed by atoms with Crippen molar-refractivity contribution in [3.63, 3.8) is 0 Å². The first-order chi connectivity index (χ1) is 7.50. The lowest BCUT2D eigenvalue weighted by Crippen LogP contribution is -2.18. The number of rotatable bonds is 4.